The number of nitrogens with two attached hydrogens (primary N) is 1. The van der Waals surface area contributed by atoms with Gasteiger partial charge >= 0.3 is 0 Å². The summed E-state index contributed by atoms with van der Waals surface area (Å²) < 4.78 is 27.3. The van der Waals surface area contributed by atoms with E-state index in [1.165, 1.54) is 11.3 Å². The van der Waals surface area contributed by atoms with Gasteiger partial charge in [-0.25, -0.2) is 8.42 Å². The second kappa shape index (κ2) is 7.51. The first-order chi connectivity index (χ1) is 9.34. The topological polar surface area (TPSA) is 66.6 Å². The number of aryl methyl sites for hydroxylation is 1. The van der Waals surface area contributed by atoms with E-state index in [-0.39, 0.29) is 6.54 Å². The molecule has 0 aliphatic carbocycles. The number of hydrogen-bond donors (Lipinski definition) is 1. The molecule has 7 heteroatoms. The van der Waals surface area contributed by atoms with Gasteiger partial charge in [0.1, 0.15) is 4.90 Å². The van der Waals surface area contributed by atoms with E-state index >= 15 is 0 Å². The fourth-order valence-electron chi connectivity index (χ4n) is 2.02. The summed E-state index contributed by atoms with van der Waals surface area (Å²) in [6, 6.07) is 0. The summed E-state index contributed by atoms with van der Waals surface area (Å²) in [5.41, 5.74) is 6.47. The fourth-order valence-corrected chi connectivity index (χ4v) is 5.19. The number of likely N-dealkylation sites (N-methyl/N-ethyl adjacent to an activating group) is 1. The van der Waals surface area contributed by atoms with Crippen molar-refractivity contribution in [3.05, 3.63) is 15.8 Å². The molecule has 1 aromatic heterocycles. The normalized spacial score (nSPS) is 12.6. The Morgan fingerprint density at radius 2 is 1.90 bits per heavy atom. The van der Waals surface area contributed by atoms with Gasteiger partial charge < -0.3 is 10.6 Å². The molecule has 0 aromatic carbocycles. The van der Waals surface area contributed by atoms with Crippen LogP contribution in [0.2, 0.25) is 0 Å². The summed E-state index contributed by atoms with van der Waals surface area (Å²) in [7, 11) is 0.433. The third-order valence-electron chi connectivity index (χ3n) is 3.04. The zero-order valence-electron chi connectivity index (χ0n) is 12.7. The van der Waals surface area contributed by atoms with Crippen LogP contribution in [0.3, 0.4) is 0 Å². The second-order valence-electron chi connectivity index (χ2n) is 5.08. The van der Waals surface area contributed by atoms with E-state index in [9.17, 15) is 8.42 Å². The van der Waals surface area contributed by atoms with Gasteiger partial charge in [-0.3, -0.25) is 0 Å². The number of sulfonamides is 1. The molecule has 0 fully saturated rings. The van der Waals surface area contributed by atoms with E-state index < -0.39 is 10.0 Å². The monoisotopic (exact) mass is 319 g/mol. The van der Waals surface area contributed by atoms with Gasteiger partial charge in [0.2, 0.25) is 10.0 Å². The third-order valence-corrected chi connectivity index (χ3v) is 6.43. The zero-order valence-corrected chi connectivity index (χ0v) is 14.4. The van der Waals surface area contributed by atoms with E-state index in [2.05, 4.69) is 0 Å². The largest absolute Gasteiger partial charge is 0.326 e. The van der Waals surface area contributed by atoms with Crippen LogP contribution < -0.4 is 5.73 Å². The molecule has 0 saturated heterocycles. The van der Waals surface area contributed by atoms with Crippen molar-refractivity contribution in [3.63, 3.8) is 0 Å². The molecule has 1 rings (SSSR count). The Morgan fingerprint density at radius 3 is 2.40 bits per heavy atom. The quantitative estimate of drug-likeness (QED) is 0.788. The first-order valence-corrected chi connectivity index (χ1v) is 9.08. The lowest BCUT2D eigenvalue weighted by molar-refractivity contribution is 0.332. The van der Waals surface area contributed by atoms with Gasteiger partial charge in [0.05, 0.1) is 0 Å². The van der Waals surface area contributed by atoms with E-state index in [1.807, 2.05) is 38.2 Å². The summed E-state index contributed by atoms with van der Waals surface area (Å²) in [5, 5.41) is 1.87. The summed E-state index contributed by atoms with van der Waals surface area (Å²) >= 11 is 1.42. The van der Waals surface area contributed by atoms with Gasteiger partial charge in [-0.1, -0.05) is 6.92 Å². The lowest BCUT2D eigenvalue weighted by Crippen LogP contribution is -2.37. The van der Waals surface area contributed by atoms with E-state index in [1.54, 1.807) is 4.31 Å². The zero-order chi connectivity index (χ0) is 15.3. The summed E-state index contributed by atoms with van der Waals surface area (Å²) in [4.78, 5) is 3.15. The Bertz CT molecular complexity index is 524. The third kappa shape index (κ3) is 4.02. The van der Waals surface area contributed by atoms with Crippen molar-refractivity contribution < 1.29 is 8.42 Å². The SMILES string of the molecule is CCCN(CCN(C)C)S(=O)(=O)c1c(C)csc1CN. The van der Waals surface area contributed by atoms with Crippen LogP contribution in [0.15, 0.2) is 10.3 Å². The first kappa shape index (κ1) is 17.6. The Morgan fingerprint density at radius 1 is 1.25 bits per heavy atom. The molecule has 0 aliphatic rings. The minimum Gasteiger partial charge on any atom is -0.326 e. The van der Waals surface area contributed by atoms with Crippen molar-refractivity contribution in [2.24, 2.45) is 5.73 Å². The molecule has 0 unspecified atom stereocenters. The molecule has 1 heterocycles. The standard InChI is InChI=1S/C13H25N3O2S2/c1-5-6-16(8-7-15(3)4)20(17,18)13-11(2)10-19-12(13)9-14/h10H,5-9,14H2,1-4H3. The molecule has 5 nitrogen and oxygen atoms in total. The molecule has 0 amide bonds. The van der Waals surface area contributed by atoms with E-state index in [4.69, 9.17) is 5.73 Å². The maximum Gasteiger partial charge on any atom is 0.244 e. The first-order valence-electron chi connectivity index (χ1n) is 6.76. The van der Waals surface area contributed by atoms with Crippen LogP contribution in [0.5, 0.6) is 0 Å². The van der Waals surface area contributed by atoms with Crippen molar-refractivity contribution >= 4 is 21.4 Å². The van der Waals surface area contributed by atoms with Gasteiger partial charge in [0, 0.05) is 31.1 Å². The molecule has 0 atom stereocenters. The smallest absolute Gasteiger partial charge is 0.244 e. The van der Waals surface area contributed by atoms with Crippen molar-refractivity contribution in [1.82, 2.24) is 9.21 Å². The second-order valence-corrected chi connectivity index (χ2v) is 7.92. The van der Waals surface area contributed by atoms with Crippen LogP contribution in [0.4, 0.5) is 0 Å². The Kier molecular flexibility index (Phi) is 6.60. The van der Waals surface area contributed by atoms with Gasteiger partial charge in [-0.15, -0.1) is 11.3 Å². The highest BCUT2D eigenvalue weighted by Crippen LogP contribution is 2.29. The lowest BCUT2D eigenvalue weighted by Gasteiger charge is -2.24. The molecule has 20 heavy (non-hydrogen) atoms. The maximum absolute atomic E-state index is 12.9. The van der Waals surface area contributed by atoms with Crippen LogP contribution in [0.25, 0.3) is 0 Å². The maximum atomic E-state index is 12.9. The average molecular weight is 319 g/mol. The minimum atomic E-state index is -3.45. The van der Waals surface area contributed by atoms with Gasteiger partial charge in [0.25, 0.3) is 0 Å². The van der Waals surface area contributed by atoms with Gasteiger partial charge in [-0.05, 0) is 38.4 Å². The van der Waals surface area contributed by atoms with Crippen molar-refractivity contribution in [2.45, 2.75) is 31.7 Å². The van der Waals surface area contributed by atoms with Crippen molar-refractivity contribution in [2.75, 3.05) is 33.7 Å². The minimum absolute atomic E-state index is 0.265. The number of hydrogen-bond acceptors (Lipinski definition) is 5. The molecule has 2 N–H and O–H groups in total. The predicted molar refractivity (Wildman–Crippen MR) is 84.6 cm³/mol. The van der Waals surface area contributed by atoms with Crippen LogP contribution in [-0.4, -0.2) is 51.4 Å². The molecule has 116 valence electrons. The average Bonchev–Trinajstić information content (AvgIpc) is 2.75. The van der Waals surface area contributed by atoms with Crippen molar-refractivity contribution in [1.29, 1.82) is 0 Å². The number of nitrogens with zero attached hydrogens (tertiary/aromatic N) is 2. The van der Waals surface area contributed by atoms with Crippen LogP contribution >= 0.6 is 11.3 Å². The molecule has 0 spiro atoms. The summed E-state index contributed by atoms with van der Waals surface area (Å²) in [6.45, 7) is 5.83. The summed E-state index contributed by atoms with van der Waals surface area (Å²) in [5.74, 6) is 0. The Labute approximate surface area is 126 Å². The molecule has 0 bridgehead atoms. The van der Waals surface area contributed by atoms with Gasteiger partial charge in [0.15, 0.2) is 0 Å². The van der Waals surface area contributed by atoms with Crippen LogP contribution in [0, 0.1) is 6.92 Å². The fraction of sp³-hybridized carbons (Fsp3) is 0.692. The van der Waals surface area contributed by atoms with Crippen LogP contribution in [0.1, 0.15) is 23.8 Å². The molecular weight excluding hydrogens is 294 g/mol. The molecule has 0 saturated carbocycles. The van der Waals surface area contributed by atoms with E-state index in [0.29, 0.717) is 24.5 Å². The summed E-state index contributed by atoms with van der Waals surface area (Å²) in [6.07, 6.45) is 0.799. The highest BCUT2D eigenvalue weighted by molar-refractivity contribution is 7.89. The number of thiophene rings is 1. The highest BCUT2D eigenvalue weighted by Gasteiger charge is 2.28. The molecule has 1 aromatic rings. The van der Waals surface area contributed by atoms with Crippen LogP contribution in [-0.2, 0) is 16.6 Å². The highest BCUT2D eigenvalue weighted by atomic mass is 32.2. The predicted octanol–water partition coefficient (Wildman–Crippen LogP) is 1.48. The number of rotatable bonds is 8. The van der Waals surface area contributed by atoms with Gasteiger partial charge in [-0.2, -0.15) is 4.31 Å². The Hall–Kier alpha value is -0.470. The lowest BCUT2D eigenvalue weighted by atomic mass is 10.3. The molecular formula is C13H25N3O2S2. The van der Waals surface area contributed by atoms with Crippen molar-refractivity contribution in [3.8, 4) is 0 Å². The molecule has 0 aliphatic heterocycles. The Balaban J connectivity index is 3.12. The molecule has 0 radical (unpaired) electrons. The van der Waals surface area contributed by atoms with E-state index in [0.717, 1.165) is 16.9 Å².